The summed E-state index contributed by atoms with van der Waals surface area (Å²) in [7, 11) is 0. The maximum Gasteiger partial charge on any atom is 0.123 e. The summed E-state index contributed by atoms with van der Waals surface area (Å²) in [6.45, 7) is 7.86. The van der Waals surface area contributed by atoms with Crippen molar-refractivity contribution in [2.45, 2.75) is 37.9 Å². The number of fused-ring (bicyclic) bond motifs is 3. The van der Waals surface area contributed by atoms with Gasteiger partial charge in [-0.3, -0.25) is 0 Å². The van der Waals surface area contributed by atoms with Gasteiger partial charge in [-0.25, -0.2) is 0 Å². The Morgan fingerprint density at radius 2 is 1.71 bits per heavy atom. The van der Waals surface area contributed by atoms with E-state index in [1.54, 1.807) is 0 Å². The fraction of sp³-hybridized carbons (Fsp3) is 0.467. The van der Waals surface area contributed by atoms with E-state index in [2.05, 4.69) is 25.2 Å². The second-order valence-corrected chi connectivity index (χ2v) is 10.5. The average molecular weight is 461 g/mol. The number of quaternary nitrogens is 1. The summed E-state index contributed by atoms with van der Waals surface area (Å²) >= 11 is 0. The molecule has 2 bridgehead atoms. The van der Waals surface area contributed by atoms with Crippen LogP contribution < -0.4 is 4.74 Å². The number of nitrogens with zero attached hydrogens (tertiary/aromatic N) is 1. The maximum atomic E-state index is 12.0. The molecule has 4 nitrogen and oxygen atoms in total. The van der Waals surface area contributed by atoms with Gasteiger partial charge in [-0.15, -0.1) is 0 Å². The zero-order valence-corrected chi connectivity index (χ0v) is 20.3. The number of ether oxygens (including phenoxy) is 2. The standard InChI is InChI=1S/C30H38NO3/c1-24-10-8-15-28(24)30(32,26-11-4-2-5-12-26)23-34-29-22-31(19-16-25(29)17-20-31)18-9-21-33-27-13-6-3-7-14-27/h2-8,10-15,25,28-29,32H,9,16-23H2,1H3/q+1. The highest BCUT2D eigenvalue weighted by Gasteiger charge is 2.48. The molecular weight excluding hydrogens is 422 g/mol. The van der Waals surface area contributed by atoms with Gasteiger partial charge in [0.1, 0.15) is 24.0 Å². The molecule has 3 atom stereocenters. The van der Waals surface area contributed by atoms with Crippen LogP contribution in [-0.2, 0) is 10.3 Å². The van der Waals surface area contributed by atoms with Crippen LogP contribution in [0.1, 0.15) is 31.7 Å². The minimum Gasteiger partial charge on any atom is -0.493 e. The Kier molecular flexibility index (Phi) is 6.91. The lowest BCUT2D eigenvalue weighted by Gasteiger charge is -2.53. The van der Waals surface area contributed by atoms with Crippen LogP contribution in [0.2, 0.25) is 0 Å². The van der Waals surface area contributed by atoms with Crippen LogP contribution in [-0.4, -0.2) is 55.1 Å². The summed E-state index contributed by atoms with van der Waals surface area (Å²) < 4.78 is 13.7. The molecule has 1 aliphatic carbocycles. The topological polar surface area (TPSA) is 38.7 Å². The summed E-state index contributed by atoms with van der Waals surface area (Å²) in [5.41, 5.74) is 1.07. The summed E-state index contributed by atoms with van der Waals surface area (Å²) in [5, 5.41) is 12.0. The van der Waals surface area contributed by atoms with E-state index < -0.39 is 5.60 Å². The first kappa shape index (κ1) is 23.3. The Bertz CT molecular complexity index is 994. The fourth-order valence-corrected chi connectivity index (χ4v) is 6.25. The van der Waals surface area contributed by atoms with E-state index >= 15 is 0 Å². The van der Waals surface area contributed by atoms with Crippen molar-refractivity contribution in [1.29, 1.82) is 0 Å². The quantitative estimate of drug-likeness (QED) is 0.396. The number of piperidine rings is 3. The third kappa shape index (κ3) is 4.86. The largest absolute Gasteiger partial charge is 0.493 e. The Morgan fingerprint density at radius 1 is 1.00 bits per heavy atom. The number of hydrogen-bond donors (Lipinski definition) is 1. The summed E-state index contributed by atoms with van der Waals surface area (Å²) in [6, 6.07) is 20.2. The molecule has 3 unspecified atom stereocenters. The third-order valence-electron chi connectivity index (χ3n) is 8.29. The van der Waals surface area contributed by atoms with Gasteiger partial charge in [0.25, 0.3) is 0 Å². The molecule has 0 amide bonds. The molecular formula is C30H38NO3+. The molecule has 3 aliphatic heterocycles. The molecule has 0 radical (unpaired) electrons. The Hall–Kier alpha value is -2.40. The molecule has 4 aliphatic rings. The number of aliphatic hydroxyl groups is 1. The summed E-state index contributed by atoms with van der Waals surface area (Å²) in [5.74, 6) is 1.51. The predicted molar refractivity (Wildman–Crippen MR) is 135 cm³/mol. The van der Waals surface area contributed by atoms with Gasteiger partial charge in [0.15, 0.2) is 0 Å². The molecule has 180 valence electrons. The number of allylic oxidation sites excluding steroid dienone is 2. The van der Waals surface area contributed by atoms with E-state index in [4.69, 9.17) is 9.47 Å². The van der Waals surface area contributed by atoms with Gasteiger partial charge in [-0.1, -0.05) is 72.3 Å². The van der Waals surface area contributed by atoms with E-state index in [1.165, 1.54) is 31.5 Å². The minimum absolute atomic E-state index is 0.0470. The maximum absolute atomic E-state index is 12.0. The number of hydrogen-bond acceptors (Lipinski definition) is 3. The molecule has 34 heavy (non-hydrogen) atoms. The predicted octanol–water partition coefficient (Wildman–Crippen LogP) is 5.10. The lowest BCUT2D eigenvalue weighted by Crippen LogP contribution is -2.65. The second-order valence-electron chi connectivity index (χ2n) is 10.5. The molecule has 1 N–H and O–H groups in total. The molecule has 3 saturated heterocycles. The van der Waals surface area contributed by atoms with Crippen molar-refractivity contribution >= 4 is 0 Å². The smallest absolute Gasteiger partial charge is 0.123 e. The van der Waals surface area contributed by atoms with Crippen LogP contribution in [0.25, 0.3) is 0 Å². The first-order valence-corrected chi connectivity index (χ1v) is 12.9. The Morgan fingerprint density at radius 3 is 2.38 bits per heavy atom. The van der Waals surface area contributed by atoms with Crippen molar-refractivity contribution in [2.75, 3.05) is 39.4 Å². The van der Waals surface area contributed by atoms with Crippen molar-refractivity contribution in [3.05, 3.63) is 90.0 Å². The molecule has 0 aromatic heterocycles. The monoisotopic (exact) mass is 460 g/mol. The van der Waals surface area contributed by atoms with E-state index in [9.17, 15) is 5.11 Å². The molecule has 3 fully saturated rings. The SMILES string of the molecule is CC1=CC=CC1C(O)(COC1C[N+]2(CCCOc3ccccc3)CCC1CC2)c1ccccc1. The van der Waals surface area contributed by atoms with E-state index in [1.807, 2.05) is 60.7 Å². The Labute approximate surface area is 204 Å². The van der Waals surface area contributed by atoms with Crippen molar-refractivity contribution in [3.8, 4) is 5.75 Å². The van der Waals surface area contributed by atoms with E-state index in [0.717, 1.165) is 41.9 Å². The number of para-hydroxylation sites is 1. The zero-order valence-electron chi connectivity index (χ0n) is 20.3. The molecule has 0 spiro atoms. The van der Waals surface area contributed by atoms with Crippen LogP contribution in [0.5, 0.6) is 5.75 Å². The van der Waals surface area contributed by atoms with E-state index in [-0.39, 0.29) is 12.0 Å². The minimum atomic E-state index is -1.05. The normalized spacial score (nSPS) is 29.6. The third-order valence-corrected chi connectivity index (χ3v) is 8.29. The first-order valence-electron chi connectivity index (χ1n) is 12.9. The summed E-state index contributed by atoms with van der Waals surface area (Å²) in [4.78, 5) is 0. The number of rotatable bonds is 10. The van der Waals surface area contributed by atoms with Crippen LogP contribution in [0.15, 0.2) is 84.5 Å². The summed E-state index contributed by atoms with van der Waals surface area (Å²) in [6.07, 6.45) is 9.97. The molecule has 2 aromatic carbocycles. The van der Waals surface area contributed by atoms with Crippen molar-refractivity contribution in [3.63, 3.8) is 0 Å². The molecule has 4 heteroatoms. The highest BCUT2D eigenvalue weighted by Crippen LogP contribution is 2.41. The van der Waals surface area contributed by atoms with Crippen LogP contribution in [0.4, 0.5) is 0 Å². The van der Waals surface area contributed by atoms with Gasteiger partial charge in [0, 0.05) is 31.1 Å². The van der Waals surface area contributed by atoms with Crippen LogP contribution in [0.3, 0.4) is 0 Å². The lowest BCUT2D eigenvalue weighted by molar-refractivity contribution is -0.946. The number of benzene rings is 2. The van der Waals surface area contributed by atoms with Gasteiger partial charge in [-0.05, 0) is 24.6 Å². The second kappa shape index (κ2) is 10.1. The van der Waals surface area contributed by atoms with Gasteiger partial charge in [0.05, 0.1) is 32.8 Å². The van der Waals surface area contributed by atoms with Crippen molar-refractivity contribution < 1.29 is 19.1 Å². The lowest BCUT2D eigenvalue weighted by atomic mass is 9.79. The zero-order chi connectivity index (χ0) is 23.4. The van der Waals surface area contributed by atoms with Gasteiger partial charge in [-0.2, -0.15) is 0 Å². The van der Waals surface area contributed by atoms with Crippen LogP contribution in [0, 0.1) is 11.8 Å². The highest BCUT2D eigenvalue weighted by molar-refractivity contribution is 5.35. The Balaban J connectivity index is 1.21. The molecule has 6 rings (SSSR count). The van der Waals surface area contributed by atoms with Gasteiger partial charge >= 0.3 is 0 Å². The van der Waals surface area contributed by atoms with E-state index in [0.29, 0.717) is 12.5 Å². The molecule has 0 saturated carbocycles. The van der Waals surface area contributed by atoms with Gasteiger partial charge < -0.3 is 19.1 Å². The molecule has 2 aromatic rings. The highest BCUT2D eigenvalue weighted by atomic mass is 16.5. The van der Waals surface area contributed by atoms with Crippen LogP contribution >= 0.6 is 0 Å². The molecule has 3 heterocycles. The average Bonchev–Trinajstić information content (AvgIpc) is 3.33. The first-order chi connectivity index (χ1) is 16.6. The van der Waals surface area contributed by atoms with Gasteiger partial charge in [0.2, 0.25) is 0 Å². The van der Waals surface area contributed by atoms with Crippen molar-refractivity contribution in [1.82, 2.24) is 0 Å². The fourth-order valence-electron chi connectivity index (χ4n) is 6.25. The van der Waals surface area contributed by atoms with Crippen molar-refractivity contribution in [2.24, 2.45) is 11.8 Å².